The van der Waals surface area contributed by atoms with Crippen LogP contribution >= 0.6 is 11.3 Å². The zero-order valence-corrected chi connectivity index (χ0v) is 13.1. The second-order valence-corrected chi connectivity index (χ2v) is 8.71. The first-order chi connectivity index (χ1) is 9.06. The van der Waals surface area contributed by atoms with Gasteiger partial charge in [-0.3, -0.25) is 0 Å². The van der Waals surface area contributed by atoms with Gasteiger partial charge in [-0.2, -0.15) is 0 Å². The van der Waals surface area contributed by atoms with Crippen molar-refractivity contribution in [1.82, 2.24) is 5.32 Å². The maximum atomic E-state index is 11.1. The fraction of sp³-hybridized carbons (Fsp3) is 0.714. The summed E-state index contributed by atoms with van der Waals surface area (Å²) < 4.78 is 22.3. The molecular formula is C14H23NO2S2. The molecule has 0 aliphatic heterocycles. The van der Waals surface area contributed by atoms with Crippen molar-refractivity contribution in [2.45, 2.75) is 38.1 Å². The van der Waals surface area contributed by atoms with Crippen LogP contribution in [0.5, 0.6) is 0 Å². The summed E-state index contributed by atoms with van der Waals surface area (Å²) in [5, 5.41) is 5.70. The van der Waals surface area contributed by atoms with Gasteiger partial charge >= 0.3 is 0 Å². The molecule has 1 fully saturated rings. The van der Waals surface area contributed by atoms with Crippen LogP contribution in [0.4, 0.5) is 0 Å². The highest BCUT2D eigenvalue weighted by atomic mass is 32.2. The van der Waals surface area contributed by atoms with Crippen molar-refractivity contribution in [1.29, 1.82) is 0 Å². The number of hydrogen-bond acceptors (Lipinski definition) is 4. The third-order valence-corrected chi connectivity index (χ3v) is 5.76. The van der Waals surface area contributed by atoms with Gasteiger partial charge < -0.3 is 5.32 Å². The van der Waals surface area contributed by atoms with E-state index in [0.717, 1.165) is 12.5 Å². The lowest BCUT2D eigenvalue weighted by Crippen LogP contribution is -2.28. The van der Waals surface area contributed by atoms with E-state index in [-0.39, 0.29) is 5.75 Å². The summed E-state index contributed by atoms with van der Waals surface area (Å²) in [6.07, 6.45) is 7.26. The highest BCUT2D eigenvalue weighted by Crippen LogP contribution is 2.37. The summed E-state index contributed by atoms with van der Waals surface area (Å²) in [5.41, 5.74) is 0. The van der Waals surface area contributed by atoms with E-state index < -0.39 is 9.84 Å². The van der Waals surface area contributed by atoms with Gasteiger partial charge in [0.05, 0.1) is 5.75 Å². The fourth-order valence-electron chi connectivity index (χ4n) is 2.85. The number of rotatable bonds is 7. The van der Waals surface area contributed by atoms with Crippen LogP contribution in [0.1, 0.15) is 43.0 Å². The first kappa shape index (κ1) is 15.0. The molecule has 1 aliphatic rings. The topological polar surface area (TPSA) is 46.2 Å². The molecule has 1 heterocycles. The van der Waals surface area contributed by atoms with Crippen molar-refractivity contribution >= 4 is 21.2 Å². The Hall–Kier alpha value is -0.390. The number of nitrogens with one attached hydrogen (secondary N) is 1. The molecular weight excluding hydrogens is 278 g/mol. The van der Waals surface area contributed by atoms with Crippen molar-refractivity contribution in [3.05, 3.63) is 22.4 Å². The Morgan fingerprint density at radius 2 is 2.16 bits per heavy atom. The van der Waals surface area contributed by atoms with Crippen LogP contribution in [-0.2, 0) is 9.84 Å². The smallest absolute Gasteiger partial charge is 0.147 e. The molecule has 1 unspecified atom stereocenters. The van der Waals surface area contributed by atoms with Gasteiger partial charge in [0.25, 0.3) is 0 Å². The average Bonchev–Trinajstić information content (AvgIpc) is 3.00. The Kier molecular flexibility index (Phi) is 5.42. The predicted molar refractivity (Wildman–Crippen MR) is 81.3 cm³/mol. The van der Waals surface area contributed by atoms with E-state index in [9.17, 15) is 8.42 Å². The molecule has 0 amide bonds. The fourth-order valence-corrected chi connectivity index (χ4v) is 4.41. The van der Waals surface area contributed by atoms with Gasteiger partial charge in [-0.05, 0) is 43.2 Å². The number of sulfone groups is 1. The van der Waals surface area contributed by atoms with E-state index in [1.54, 1.807) is 11.3 Å². The molecule has 0 saturated heterocycles. The monoisotopic (exact) mass is 301 g/mol. The number of hydrogen-bond donors (Lipinski definition) is 1. The van der Waals surface area contributed by atoms with Gasteiger partial charge in [-0.1, -0.05) is 18.9 Å². The molecule has 2 rings (SSSR count). The second kappa shape index (κ2) is 6.86. The first-order valence-electron chi connectivity index (χ1n) is 7.01. The van der Waals surface area contributed by atoms with Crippen molar-refractivity contribution in [3.63, 3.8) is 0 Å². The minimum atomic E-state index is -2.83. The zero-order valence-electron chi connectivity index (χ0n) is 11.5. The van der Waals surface area contributed by atoms with Crippen LogP contribution in [0.15, 0.2) is 17.5 Å². The lowest BCUT2D eigenvalue weighted by molar-refractivity contribution is 0.373. The van der Waals surface area contributed by atoms with Crippen LogP contribution in [-0.4, -0.2) is 27.0 Å². The molecule has 0 radical (unpaired) electrons. The molecule has 5 heteroatoms. The van der Waals surface area contributed by atoms with E-state index in [4.69, 9.17) is 0 Å². The van der Waals surface area contributed by atoms with Gasteiger partial charge in [0.2, 0.25) is 0 Å². The van der Waals surface area contributed by atoms with E-state index in [2.05, 4.69) is 22.8 Å². The van der Waals surface area contributed by atoms with Gasteiger partial charge in [0, 0.05) is 17.2 Å². The van der Waals surface area contributed by atoms with Crippen molar-refractivity contribution in [2.24, 2.45) is 5.92 Å². The Labute approximate surface area is 120 Å². The van der Waals surface area contributed by atoms with Gasteiger partial charge in [-0.25, -0.2) is 8.42 Å². The summed E-state index contributed by atoms with van der Waals surface area (Å²) in [6, 6.07) is 4.71. The molecule has 1 N–H and O–H groups in total. The molecule has 3 nitrogen and oxygen atoms in total. The second-order valence-electron chi connectivity index (χ2n) is 5.48. The summed E-state index contributed by atoms with van der Waals surface area (Å²) >= 11 is 1.80. The summed E-state index contributed by atoms with van der Waals surface area (Å²) in [7, 11) is -2.83. The molecule has 1 saturated carbocycles. The molecule has 0 spiro atoms. The minimum Gasteiger partial charge on any atom is -0.309 e. The molecule has 1 atom stereocenters. The normalized spacial score (nSPS) is 18.8. The molecule has 19 heavy (non-hydrogen) atoms. The Morgan fingerprint density at radius 3 is 2.74 bits per heavy atom. The van der Waals surface area contributed by atoms with Crippen LogP contribution in [0.2, 0.25) is 0 Å². The highest BCUT2D eigenvalue weighted by molar-refractivity contribution is 7.90. The van der Waals surface area contributed by atoms with Gasteiger partial charge in [0.15, 0.2) is 0 Å². The number of thiophene rings is 1. The predicted octanol–water partition coefficient (Wildman–Crippen LogP) is 3.00. The lowest BCUT2D eigenvalue weighted by atomic mass is 9.96. The molecule has 1 aromatic heterocycles. The highest BCUT2D eigenvalue weighted by Gasteiger charge is 2.26. The van der Waals surface area contributed by atoms with Crippen molar-refractivity contribution in [3.8, 4) is 0 Å². The van der Waals surface area contributed by atoms with Gasteiger partial charge in [0.1, 0.15) is 9.84 Å². The van der Waals surface area contributed by atoms with Crippen LogP contribution < -0.4 is 5.32 Å². The third kappa shape index (κ3) is 4.89. The average molecular weight is 301 g/mol. The Morgan fingerprint density at radius 1 is 1.42 bits per heavy atom. The van der Waals surface area contributed by atoms with Gasteiger partial charge in [-0.15, -0.1) is 11.3 Å². The molecule has 1 aliphatic carbocycles. The molecule has 0 aromatic carbocycles. The van der Waals surface area contributed by atoms with E-state index >= 15 is 0 Å². The van der Waals surface area contributed by atoms with E-state index in [0.29, 0.717) is 12.5 Å². The maximum Gasteiger partial charge on any atom is 0.147 e. The minimum absolute atomic E-state index is 0.280. The third-order valence-electron chi connectivity index (χ3n) is 3.78. The van der Waals surface area contributed by atoms with Crippen LogP contribution in [0, 0.1) is 5.92 Å². The van der Waals surface area contributed by atoms with E-state index in [1.165, 1.54) is 36.8 Å². The van der Waals surface area contributed by atoms with Crippen molar-refractivity contribution < 1.29 is 8.42 Å². The van der Waals surface area contributed by atoms with Crippen LogP contribution in [0.25, 0.3) is 0 Å². The first-order valence-corrected chi connectivity index (χ1v) is 9.95. The van der Waals surface area contributed by atoms with E-state index in [1.807, 2.05) is 0 Å². The quantitative estimate of drug-likeness (QED) is 0.788. The summed E-state index contributed by atoms with van der Waals surface area (Å²) in [6.45, 7) is 0.784. The summed E-state index contributed by atoms with van der Waals surface area (Å²) in [5.74, 6) is 0.999. The van der Waals surface area contributed by atoms with Crippen molar-refractivity contribution in [2.75, 3.05) is 18.6 Å². The molecule has 0 bridgehead atoms. The molecule has 1 aromatic rings. The Balaban J connectivity index is 1.87. The SMILES string of the molecule is CS(=O)(=O)CCCNC(c1cccs1)C1CCCC1. The molecule has 108 valence electrons. The Bertz CT molecular complexity index is 462. The maximum absolute atomic E-state index is 11.1. The van der Waals surface area contributed by atoms with Crippen LogP contribution in [0.3, 0.4) is 0 Å². The standard InChI is InChI=1S/C14H23NO2S2/c1-19(16,17)11-5-9-15-14(12-6-2-3-7-12)13-8-4-10-18-13/h4,8,10,12,14-15H,2-3,5-7,9,11H2,1H3. The largest absolute Gasteiger partial charge is 0.309 e. The lowest BCUT2D eigenvalue weighted by Gasteiger charge is -2.23. The zero-order chi connectivity index (χ0) is 13.7. The summed E-state index contributed by atoms with van der Waals surface area (Å²) in [4.78, 5) is 1.39.